The van der Waals surface area contributed by atoms with Crippen LogP contribution in [-0.4, -0.2) is 69.4 Å². The molecule has 0 bridgehead atoms. The molecule has 0 aliphatic carbocycles. The summed E-state index contributed by atoms with van der Waals surface area (Å²) in [5.41, 5.74) is 1.57. The van der Waals surface area contributed by atoms with Gasteiger partial charge in [0.2, 0.25) is 5.91 Å². The molecule has 34 heavy (non-hydrogen) atoms. The van der Waals surface area contributed by atoms with Gasteiger partial charge in [0.05, 0.1) is 34.1 Å². The molecule has 1 amide bonds. The molecular formula is C23H27ClFN3O4S2. The van der Waals surface area contributed by atoms with Gasteiger partial charge in [-0.3, -0.25) is 14.6 Å². The third kappa shape index (κ3) is 6.51. The molecule has 0 radical (unpaired) electrons. The van der Waals surface area contributed by atoms with Crippen LogP contribution in [0.3, 0.4) is 0 Å². The van der Waals surface area contributed by atoms with Gasteiger partial charge in [0, 0.05) is 32.6 Å². The number of aryl methyl sites for hydroxylation is 1. The Morgan fingerprint density at radius 2 is 1.88 bits per heavy atom. The molecule has 184 valence electrons. The molecule has 0 unspecified atom stereocenters. The number of carbonyl (C=O) groups is 1. The van der Waals surface area contributed by atoms with Gasteiger partial charge in [-0.15, -0.1) is 12.4 Å². The van der Waals surface area contributed by atoms with Crippen LogP contribution < -0.4 is 4.90 Å². The lowest BCUT2D eigenvalue weighted by atomic mass is 10.2. The van der Waals surface area contributed by atoms with Crippen molar-refractivity contribution < 1.29 is 22.3 Å². The van der Waals surface area contributed by atoms with E-state index in [4.69, 9.17) is 4.74 Å². The number of fused-ring (bicyclic) bond motifs is 1. The minimum Gasteiger partial charge on any atom is -0.379 e. The molecule has 0 spiro atoms. The monoisotopic (exact) mass is 527 g/mol. The van der Waals surface area contributed by atoms with E-state index < -0.39 is 9.84 Å². The summed E-state index contributed by atoms with van der Waals surface area (Å²) < 4.78 is 45.2. The number of amides is 1. The molecule has 0 atom stereocenters. The summed E-state index contributed by atoms with van der Waals surface area (Å²) in [5.74, 6) is -0.978. The zero-order chi connectivity index (χ0) is 23.4. The van der Waals surface area contributed by atoms with Gasteiger partial charge in [-0.2, -0.15) is 0 Å². The van der Waals surface area contributed by atoms with Gasteiger partial charge in [0.25, 0.3) is 0 Å². The first-order chi connectivity index (χ1) is 15.8. The molecule has 3 aromatic rings. The van der Waals surface area contributed by atoms with Crippen LogP contribution in [0, 0.1) is 12.7 Å². The number of aromatic nitrogens is 1. The van der Waals surface area contributed by atoms with Gasteiger partial charge >= 0.3 is 0 Å². The molecule has 0 saturated carbocycles. The van der Waals surface area contributed by atoms with Crippen molar-refractivity contribution in [1.29, 1.82) is 0 Å². The highest BCUT2D eigenvalue weighted by atomic mass is 35.5. The van der Waals surface area contributed by atoms with Crippen LogP contribution in [0.5, 0.6) is 0 Å². The number of anilines is 1. The predicted octanol–water partition coefficient (Wildman–Crippen LogP) is 3.69. The van der Waals surface area contributed by atoms with Crippen molar-refractivity contribution in [3.8, 4) is 0 Å². The number of ether oxygens (including phenoxy) is 1. The molecule has 2 aromatic carbocycles. The molecule has 1 saturated heterocycles. The van der Waals surface area contributed by atoms with Crippen LogP contribution in [0.1, 0.15) is 12.0 Å². The Labute approximate surface area is 208 Å². The molecule has 1 fully saturated rings. The number of hydrogen-bond donors (Lipinski definition) is 0. The molecule has 0 N–H and O–H groups in total. The zero-order valence-electron chi connectivity index (χ0n) is 18.8. The minimum absolute atomic E-state index is 0. The standard InChI is InChI=1S/C23H26FN3O4S2.ClH/c1-17-2-5-19(6-3-17)33(29,30)15-8-22(28)27(10-9-26-11-13-31-14-12-26)23-25-20-7-4-18(24)16-21(20)32-23;/h2-7,16H,8-15H2,1H3;1H. The van der Waals surface area contributed by atoms with Crippen molar-refractivity contribution in [2.45, 2.75) is 18.2 Å². The van der Waals surface area contributed by atoms with E-state index in [0.717, 1.165) is 18.7 Å². The fraction of sp³-hybridized carbons (Fsp3) is 0.391. The number of rotatable bonds is 8. The van der Waals surface area contributed by atoms with E-state index in [2.05, 4.69) is 9.88 Å². The fourth-order valence-corrected chi connectivity index (χ4v) is 5.88. The Morgan fingerprint density at radius 1 is 1.18 bits per heavy atom. The second kappa shape index (κ2) is 11.5. The van der Waals surface area contributed by atoms with Crippen molar-refractivity contribution in [1.82, 2.24) is 9.88 Å². The highest BCUT2D eigenvalue weighted by Crippen LogP contribution is 2.30. The molecule has 4 rings (SSSR count). The van der Waals surface area contributed by atoms with Crippen LogP contribution in [0.4, 0.5) is 9.52 Å². The summed E-state index contributed by atoms with van der Waals surface area (Å²) in [6.45, 7) is 5.70. The summed E-state index contributed by atoms with van der Waals surface area (Å²) in [4.78, 5) is 21.6. The third-order valence-electron chi connectivity index (χ3n) is 5.58. The first kappa shape index (κ1) is 26.5. The van der Waals surface area contributed by atoms with Crippen molar-refractivity contribution >= 4 is 54.8 Å². The molecule has 1 aliphatic rings. The van der Waals surface area contributed by atoms with Crippen molar-refractivity contribution in [3.05, 3.63) is 53.8 Å². The lowest BCUT2D eigenvalue weighted by Crippen LogP contribution is -2.43. The number of thiazole rings is 1. The third-order valence-corrected chi connectivity index (χ3v) is 8.35. The number of halogens is 2. The van der Waals surface area contributed by atoms with Crippen LogP contribution >= 0.6 is 23.7 Å². The number of carbonyl (C=O) groups excluding carboxylic acids is 1. The maximum Gasteiger partial charge on any atom is 0.229 e. The smallest absolute Gasteiger partial charge is 0.229 e. The van der Waals surface area contributed by atoms with Crippen molar-refractivity contribution in [3.63, 3.8) is 0 Å². The van der Waals surface area contributed by atoms with Gasteiger partial charge < -0.3 is 4.74 Å². The molecule has 1 aliphatic heterocycles. The Kier molecular flexibility index (Phi) is 9.00. The van der Waals surface area contributed by atoms with E-state index in [1.807, 2.05) is 6.92 Å². The number of sulfone groups is 1. The second-order valence-electron chi connectivity index (χ2n) is 7.99. The number of hydrogen-bond acceptors (Lipinski definition) is 7. The van der Waals surface area contributed by atoms with E-state index in [1.54, 1.807) is 30.3 Å². The lowest BCUT2D eigenvalue weighted by Gasteiger charge is -2.29. The minimum atomic E-state index is -3.59. The molecule has 7 nitrogen and oxygen atoms in total. The first-order valence-electron chi connectivity index (χ1n) is 10.8. The Morgan fingerprint density at radius 3 is 2.59 bits per heavy atom. The van der Waals surface area contributed by atoms with Gasteiger partial charge in [0.15, 0.2) is 15.0 Å². The summed E-state index contributed by atoms with van der Waals surface area (Å²) >= 11 is 1.23. The van der Waals surface area contributed by atoms with E-state index in [9.17, 15) is 17.6 Å². The molecule has 2 heterocycles. The highest BCUT2D eigenvalue weighted by Gasteiger charge is 2.24. The van der Waals surface area contributed by atoms with Gasteiger partial charge in [-0.05, 0) is 37.3 Å². The van der Waals surface area contributed by atoms with Crippen LogP contribution in [-0.2, 0) is 19.4 Å². The lowest BCUT2D eigenvalue weighted by molar-refractivity contribution is -0.118. The second-order valence-corrected chi connectivity index (χ2v) is 11.1. The van der Waals surface area contributed by atoms with E-state index in [-0.39, 0.29) is 41.2 Å². The van der Waals surface area contributed by atoms with Crippen LogP contribution in [0.2, 0.25) is 0 Å². The average Bonchev–Trinajstić information content (AvgIpc) is 3.21. The number of nitrogens with zero attached hydrogens (tertiary/aromatic N) is 3. The topological polar surface area (TPSA) is 79.8 Å². The van der Waals surface area contributed by atoms with E-state index in [1.165, 1.54) is 28.4 Å². The first-order valence-corrected chi connectivity index (χ1v) is 13.2. The fourth-order valence-electron chi connectivity index (χ4n) is 3.62. The largest absolute Gasteiger partial charge is 0.379 e. The SMILES string of the molecule is Cc1ccc(S(=O)(=O)CCC(=O)N(CCN2CCOCC2)c2nc3ccc(F)cc3s2)cc1.Cl. The van der Waals surface area contributed by atoms with Crippen molar-refractivity contribution in [2.75, 3.05) is 50.0 Å². The summed E-state index contributed by atoms with van der Waals surface area (Å²) in [5, 5.41) is 0.446. The Bertz CT molecular complexity index is 1230. The van der Waals surface area contributed by atoms with Gasteiger partial charge in [-0.25, -0.2) is 17.8 Å². The van der Waals surface area contributed by atoms with E-state index >= 15 is 0 Å². The van der Waals surface area contributed by atoms with Crippen LogP contribution in [0.15, 0.2) is 47.4 Å². The molecule has 11 heteroatoms. The highest BCUT2D eigenvalue weighted by molar-refractivity contribution is 7.91. The number of benzene rings is 2. The van der Waals surface area contributed by atoms with Crippen LogP contribution in [0.25, 0.3) is 10.2 Å². The quantitative estimate of drug-likeness (QED) is 0.444. The number of morpholine rings is 1. The summed E-state index contributed by atoms with van der Waals surface area (Å²) in [6, 6.07) is 10.9. The summed E-state index contributed by atoms with van der Waals surface area (Å²) in [7, 11) is -3.59. The predicted molar refractivity (Wildman–Crippen MR) is 134 cm³/mol. The molecule has 1 aromatic heterocycles. The van der Waals surface area contributed by atoms with Crippen molar-refractivity contribution in [2.24, 2.45) is 0 Å². The average molecular weight is 528 g/mol. The summed E-state index contributed by atoms with van der Waals surface area (Å²) in [6.07, 6.45) is -0.163. The maximum absolute atomic E-state index is 13.6. The zero-order valence-corrected chi connectivity index (χ0v) is 21.2. The maximum atomic E-state index is 13.6. The molecular weight excluding hydrogens is 501 g/mol. The van der Waals surface area contributed by atoms with Gasteiger partial charge in [0.1, 0.15) is 5.82 Å². The Balaban J connectivity index is 0.00000324. The van der Waals surface area contributed by atoms with E-state index in [0.29, 0.717) is 41.7 Å². The Hall–Kier alpha value is -2.11. The normalized spacial score (nSPS) is 14.6. The van der Waals surface area contributed by atoms with Gasteiger partial charge in [-0.1, -0.05) is 29.0 Å².